The number of rotatable bonds is 7. The first-order valence-electron chi connectivity index (χ1n) is 8.86. The van der Waals surface area contributed by atoms with E-state index in [1.807, 2.05) is 26.0 Å². The van der Waals surface area contributed by atoms with Crippen LogP contribution in [-0.2, 0) is 19.9 Å². The van der Waals surface area contributed by atoms with E-state index in [9.17, 15) is 9.79 Å². The highest BCUT2D eigenvalue weighted by atomic mass is 31.2. The van der Waals surface area contributed by atoms with Crippen LogP contribution in [0, 0.1) is 5.41 Å². The Balaban J connectivity index is 3.52. The summed E-state index contributed by atoms with van der Waals surface area (Å²) in [6.07, 6.45) is -0.697. The molecule has 0 aliphatic rings. The molecule has 0 amide bonds. The van der Waals surface area contributed by atoms with Crippen molar-refractivity contribution >= 4 is 17.2 Å². The summed E-state index contributed by atoms with van der Waals surface area (Å²) in [6, 6.07) is 6.14. The van der Waals surface area contributed by atoms with Gasteiger partial charge >= 0.3 is 17.2 Å². The van der Waals surface area contributed by atoms with Crippen molar-refractivity contribution in [3.05, 3.63) is 34.9 Å². The Hall–Kier alpha value is -0.160. The Bertz CT molecular complexity index is 618. The van der Waals surface area contributed by atoms with Gasteiger partial charge in [-0.25, -0.2) is 0 Å². The van der Waals surface area contributed by atoms with Gasteiger partial charge in [-0.15, -0.1) is 0 Å². The fourth-order valence-corrected chi connectivity index (χ4v) is 3.95. The highest BCUT2D eigenvalue weighted by molar-refractivity contribution is 7.39. The van der Waals surface area contributed by atoms with E-state index in [-0.39, 0.29) is 17.4 Å². The van der Waals surface area contributed by atoms with Gasteiger partial charge < -0.3 is 28.6 Å². The van der Waals surface area contributed by atoms with Crippen LogP contribution >= 0.6 is 17.2 Å². The van der Waals surface area contributed by atoms with E-state index in [2.05, 4.69) is 47.6 Å². The van der Waals surface area contributed by atoms with Crippen LogP contribution in [0.1, 0.15) is 78.2 Å². The smallest absolute Gasteiger partial charge is 0.327 e. The Labute approximate surface area is 165 Å². The van der Waals surface area contributed by atoms with Gasteiger partial charge in [0.25, 0.3) is 0 Å². The van der Waals surface area contributed by atoms with Crippen molar-refractivity contribution in [1.82, 2.24) is 0 Å². The first-order valence-corrected chi connectivity index (χ1v) is 11.2. The summed E-state index contributed by atoms with van der Waals surface area (Å²) >= 11 is 0. The lowest BCUT2D eigenvalue weighted by molar-refractivity contribution is 0.0201. The van der Waals surface area contributed by atoms with Gasteiger partial charge in [-0.05, 0) is 27.5 Å². The van der Waals surface area contributed by atoms with E-state index in [1.54, 1.807) is 0 Å². The number of hydrogen-bond donors (Lipinski definition) is 4. The van der Waals surface area contributed by atoms with Crippen LogP contribution in [0.25, 0.3) is 0 Å². The zero-order valence-corrected chi connectivity index (χ0v) is 19.3. The molecule has 0 aromatic heterocycles. The lowest BCUT2D eigenvalue weighted by Gasteiger charge is -2.38. The van der Waals surface area contributed by atoms with Gasteiger partial charge in [0.2, 0.25) is 0 Å². The zero-order valence-electron chi connectivity index (χ0n) is 17.5. The number of benzene rings is 1. The summed E-state index contributed by atoms with van der Waals surface area (Å²) < 4.78 is 10.6. The number of hydrogen-bond acceptors (Lipinski definition) is 6. The van der Waals surface area contributed by atoms with E-state index < -0.39 is 28.7 Å². The third-order valence-electron chi connectivity index (χ3n) is 4.47. The quantitative estimate of drug-likeness (QED) is 0.473. The summed E-state index contributed by atoms with van der Waals surface area (Å²) in [5.41, 5.74) is 2.08. The maximum atomic E-state index is 9.57. The summed E-state index contributed by atoms with van der Waals surface area (Å²) in [7, 11) is -5.11. The Kier molecular flexibility index (Phi) is 8.39. The average molecular weight is 420 g/mol. The van der Waals surface area contributed by atoms with E-state index in [0.717, 1.165) is 11.1 Å². The molecule has 0 aliphatic heterocycles. The molecule has 0 heterocycles. The molecule has 156 valence electrons. The fraction of sp³-hybridized carbons (Fsp3) is 0.684. The minimum Gasteiger partial charge on any atom is -0.328 e. The molecule has 1 unspecified atom stereocenters. The molecule has 0 spiro atoms. The second-order valence-electron chi connectivity index (χ2n) is 9.55. The average Bonchev–Trinajstić information content (AvgIpc) is 2.48. The largest absolute Gasteiger partial charge is 0.328 e. The lowest BCUT2D eigenvalue weighted by Crippen LogP contribution is -2.31. The standard InChI is InChI=1S/C19H34O6P2/c1-17(2,3)13-9-10-14(15(11-13)18(4,5)6)16(25-27(22)23)19(7,8)12-24-26(20)21/h9-11,16,20-23H,12H2,1-8H3. The highest BCUT2D eigenvalue weighted by Crippen LogP contribution is 2.49. The Morgan fingerprint density at radius 2 is 1.41 bits per heavy atom. The van der Waals surface area contributed by atoms with Crippen LogP contribution in [0.2, 0.25) is 0 Å². The third kappa shape index (κ3) is 7.30. The van der Waals surface area contributed by atoms with Crippen molar-refractivity contribution in [3.8, 4) is 0 Å². The molecule has 1 aromatic rings. The summed E-state index contributed by atoms with van der Waals surface area (Å²) in [5.74, 6) is 0. The van der Waals surface area contributed by atoms with Crippen LogP contribution in [-0.4, -0.2) is 26.2 Å². The van der Waals surface area contributed by atoms with Crippen molar-refractivity contribution < 1.29 is 28.6 Å². The normalized spacial score (nSPS) is 14.9. The predicted molar refractivity (Wildman–Crippen MR) is 110 cm³/mol. The van der Waals surface area contributed by atoms with E-state index in [0.29, 0.717) is 0 Å². The maximum absolute atomic E-state index is 9.57. The lowest BCUT2D eigenvalue weighted by atomic mass is 9.74. The van der Waals surface area contributed by atoms with Crippen molar-refractivity contribution in [2.45, 2.75) is 72.3 Å². The van der Waals surface area contributed by atoms with Gasteiger partial charge in [0.15, 0.2) is 0 Å². The van der Waals surface area contributed by atoms with Gasteiger partial charge in [-0.3, -0.25) is 0 Å². The van der Waals surface area contributed by atoms with Gasteiger partial charge in [-0.1, -0.05) is 73.6 Å². The maximum Gasteiger partial charge on any atom is 0.327 e. The predicted octanol–water partition coefficient (Wildman–Crippen LogP) is 4.81. The zero-order chi connectivity index (χ0) is 21.2. The van der Waals surface area contributed by atoms with Gasteiger partial charge in [0.05, 0.1) is 12.7 Å². The third-order valence-corrected chi connectivity index (χ3v) is 5.23. The van der Waals surface area contributed by atoms with E-state index >= 15 is 0 Å². The molecule has 27 heavy (non-hydrogen) atoms. The van der Waals surface area contributed by atoms with Crippen molar-refractivity contribution in [1.29, 1.82) is 0 Å². The van der Waals surface area contributed by atoms with E-state index in [1.165, 1.54) is 5.56 Å². The molecule has 8 heteroatoms. The van der Waals surface area contributed by atoms with Gasteiger partial charge in [-0.2, -0.15) is 0 Å². The molecule has 0 saturated carbocycles. The molecular weight excluding hydrogens is 386 g/mol. The molecule has 0 fully saturated rings. The summed E-state index contributed by atoms with van der Waals surface area (Å²) in [4.78, 5) is 37.4. The monoisotopic (exact) mass is 420 g/mol. The molecule has 0 bridgehead atoms. The van der Waals surface area contributed by atoms with Crippen molar-refractivity contribution in [2.24, 2.45) is 5.41 Å². The fourth-order valence-electron chi connectivity index (χ4n) is 2.92. The van der Waals surface area contributed by atoms with Crippen molar-refractivity contribution in [2.75, 3.05) is 6.61 Å². The van der Waals surface area contributed by atoms with Crippen LogP contribution < -0.4 is 0 Å². The van der Waals surface area contributed by atoms with Gasteiger partial charge in [0, 0.05) is 5.41 Å². The second-order valence-corrected chi connectivity index (χ2v) is 11.0. The second kappa shape index (κ2) is 9.11. The first-order chi connectivity index (χ1) is 12.1. The van der Waals surface area contributed by atoms with Crippen molar-refractivity contribution in [3.63, 3.8) is 0 Å². The topological polar surface area (TPSA) is 99.4 Å². The highest BCUT2D eigenvalue weighted by Gasteiger charge is 2.38. The first kappa shape index (κ1) is 24.9. The van der Waals surface area contributed by atoms with E-state index in [4.69, 9.17) is 18.8 Å². The molecule has 1 atom stereocenters. The van der Waals surface area contributed by atoms with Crippen LogP contribution in [0.5, 0.6) is 0 Å². The summed E-state index contributed by atoms with van der Waals surface area (Å²) in [5, 5.41) is 0. The molecule has 0 radical (unpaired) electrons. The molecule has 0 saturated heterocycles. The SMILES string of the molecule is CC(C)(C)c1ccc(C(OP(O)O)C(C)(C)COP(O)O)c(C(C)(C)C)c1. The molecule has 4 N–H and O–H groups in total. The van der Waals surface area contributed by atoms with Crippen LogP contribution in [0.4, 0.5) is 0 Å². The Morgan fingerprint density at radius 1 is 0.852 bits per heavy atom. The molecule has 1 rings (SSSR count). The van der Waals surface area contributed by atoms with Gasteiger partial charge in [0.1, 0.15) is 0 Å². The summed E-state index contributed by atoms with van der Waals surface area (Å²) in [6.45, 7) is 16.4. The molecular formula is C19H34O6P2. The Morgan fingerprint density at radius 3 is 1.81 bits per heavy atom. The van der Waals surface area contributed by atoms with Crippen LogP contribution in [0.15, 0.2) is 18.2 Å². The molecule has 1 aromatic carbocycles. The molecule has 0 aliphatic carbocycles. The van der Waals surface area contributed by atoms with Crippen LogP contribution in [0.3, 0.4) is 0 Å². The molecule has 6 nitrogen and oxygen atoms in total. The minimum absolute atomic E-state index is 0.00977. The minimum atomic E-state index is -2.61.